The molecule has 0 radical (unpaired) electrons. The molecule has 0 unspecified atom stereocenters. The Morgan fingerprint density at radius 2 is 1.94 bits per heavy atom. The Balaban J connectivity index is 1.60. The fraction of sp³-hybridized carbons (Fsp3) is 0.130. The number of anilines is 1. The van der Waals surface area contributed by atoms with E-state index in [2.05, 4.69) is 20.7 Å². The van der Waals surface area contributed by atoms with Crippen LogP contribution in [-0.4, -0.2) is 25.9 Å². The maximum atomic E-state index is 13.1. The van der Waals surface area contributed by atoms with Crippen LogP contribution < -0.4 is 16.6 Å². The third kappa shape index (κ3) is 4.82. The second-order valence-corrected chi connectivity index (χ2v) is 7.63. The quantitative estimate of drug-likeness (QED) is 0.386. The minimum absolute atomic E-state index is 0.0631. The molecule has 0 spiro atoms. The highest BCUT2D eigenvalue weighted by Gasteiger charge is 2.31. The Bertz CT molecular complexity index is 1400. The summed E-state index contributed by atoms with van der Waals surface area (Å²) in [5, 5.41) is 12.8. The van der Waals surface area contributed by atoms with Crippen molar-refractivity contribution in [3.05, 3.63) is 94.0 Å². The molecule has 0 bridgehead atoms. The van der Waals surface area contributed by atoms with Crippen molar-refractivity contribution < 1.29 is 18.0 Å². The Morgan fingerprint density at radius 1 is 1.15 bits per heavy atom. The summed E-state index contributed by atoms with van der Waals surface area (Å²) in [7, 11) is 0. The lowest BCUT2D eigenvalue weighted by atomic mass is 10.0. The number of aromatic amines is 1. The predicted octanol–water partition coefficient (Wildman–Crippen LogP) is 3.71. The molecule has 2 aromatic carbocycles. The van der Waals surface area contributed by atoms with Crippen LogP contribution in [0.5, 0.6) is 0 Å². The van der Waals surface area contributed by atoms with Gasteiger partial charge in [-0.05, 0) is 48.9 Å². The van der Waals surface area contributed by atoms with E-state index in [1.165, 1.54) is 35.2 Å². The molecule has 0 fully saturated rings. The first-order chi connectivity index (χ1) is 16.1. The van der Waals surface area contributed by atoms with Crippen molar-refractivity contribution >= 4 is 11.6 Å². The molecule has 1 atom stereocenters. The number of hydrogen-bond donors (Lipinski definition) is 3. The van der Waals surface area contributed by atoms with Gasteiger partial charge in [0.2, 0.25) is 0 Å². The Hall–Kier alpha value is -4.41. The molecule has 4 N–H and O–H groups in total. The van der Waals surface area contributed by atoms with Gasteiger partial charge in [-0.3, -0.25) is 19.3 Å². The molecule has 0 aliphatic carbocycles. The number of nitrogen functional groups attached to an aromatic ring is 1. The molecule has 0 saturated heterocycles. The average Bonchev–Trinajstić information content (AvgIpc) is 3.33. The summed E-state index contributed by atoms with van der Waals surface area (Å²) in [5.41, 5.74) is 6.54. The molecule has 174 valence electrons. The van der Waals surface area contributed by atoms with Crippen LogP contribution in [0, 0.1) is 0 Å². The molecule has 4 aromatic rings. The van der Waals surface area contributed by atoms with Gasteiger partial charge < -0.3 is 11.1 Å². The molecule has 34 heavy (non-hydrogen) atoms. The number of H-pyrrole nitrogens is 1. The number of carbonyl (C=O) groups is 1. The zero-order valence-electron chi connectivity index (χ0n) is 17.8. The van der Waals surface area contributed by atoms with Gasteiger partial charge in [-0.15, -0.1) is 5.10 Å². The van der Waals surface area contributed by atoms with Gasteiger partial charge in [0.05, 0.1) is 29.1 Å². The first kappa shape index (κ1) is 22.8. The minimum atomic E-state index is -4.57. The van der Waals surface area contributed by atoms with E-state index in [1.54, 1.807) is 25.1 Å². The van der Waals surface area contributed by atoms with Gasteiger partial charge in [0.25, 0.3) is 11.5 Å². The summed E-state index contributed by atoms with van der Waals surface area (Å²) in [6, 6.07) is 11.9. The van der Waals surface area contributed by atoms with Crippen LogP contribution in [0.1, 0.15) is 34.5 Å². The van der Waals surface area contributed by atoms with Crippen molar-refractivity contribution in [2.75, 3.05) is 5.73 Å². The minimum Gasteiger partial charge on any atom is -0.399 e. The molecule has 2 aromatic heterocycles. The van der Waals surface area contributed by atoms with Crippen molar-refractivity contribution in [2.24, 2.45) is 0 Å². The highest BCUT2D eigenvalue weighted by Crippen LogP contribution is 2.32. The number of benzene rings is 2. The number of nitrogens with two attached hydrogens (primary N) is 1. The number of amides is 1. The molecule has 0 aliphatic rings. The summed E-state index contributed by atoms with van der Waals surface area (Å²) < 4.78 is 40.6. The van der Waals surface area contributed by atoms with Gasteiger partial charge in [-0.25, -0.2) is 0 Å². The van der Waals surface area contributed by atoms with Crippen molar-refractivity contribution in [1.29, 1.82) is 0 Å². The molecule has 0 saturated carbocycles. The smallest absolute Gasteiger partial charge is 0.399 e. The highest BCUT2D eigenvalue weighted by molar-refractivity contribution is 5.94. The second-order valence-electron chi connectivity index (χ2n) is 7.63. The molecule has 4 rings (SSSR count). The van der Waals surface area contributed by atoms with Gasteiger partial charge in [-0.2, -0.15) is 13.2 Å². The number of aromatic nitrogens is 4. The van der Waals surface area contributed by atoms with E-state index >= 15 is 0 Å². The number of alkyl halides is 3. The van der Waals surface area contributed by atoms with E-state index in [9.17, 15) is 22.8 Å². The van der Waals surface area contributed by atoms with Crippen LogP contribution in [0.2, 0.25) is 0 Å². The molecule has 2 heterocycles. The van der Waals surface area contributed by atoms with Gasteiger partial charge >= 0.3 is 6.18 Å². The lowest BCUT2D eigenvalue weighted by molar-refractivity contribution is -0.137. The fourth-order valence-corrected chi connectivity index (χ4v) is 3.44. The van der Waals surface area contributed by atoms with Crippen LogP contribution in [0.3, 0.4) is 0 Å². The van der Waals surface area contributed by atoms with Crippen LogP contribution in [0.25, 0.3) is 16.9 Å². The van der Waals surface area contributed by atoms with E-state index in [-0.39, 0.29) is 22.4 Å². The zero-order chi connectivity index (χ0) is 24.5. The topological polar surface area (TPSA) is 119 Å². The molecule has 11 heteroatoms. The molecule has 8 nitrogen and oxygen atoms in total. The summed E-state index contributed by atoms with van der Waals surface area (Å²) in [6.45, 7) is 1.55. The van der Waals surface area contributed by atoms with Crippen LogP contribution >= 0.6 is 0 Å². The second kappa shape index (κ2) is 8.85. The van der Waals surface area contributed by atoms with E-state index in [0.29, 0.717) is 11.4 Å². The summed E-state index contributed by atoms with van der Waals surface area (Å²) in [5.74, 6) is -0.564. The SMILES string of the molecule is C[C@@H](NC(=O)c1ccc(=O)n(-c2cccc(-c3cnn[nH]3)c2)c1)c1cc(N)cc(C(F)(F)F)c1. The maximum Gasteiger partial charge on any atom is 0.416 e. The van der Waals surface area contributed by atoms with Gasteiger partial charge in [-0.1, -0.05) is 17.3 Å². The number of nitrogens with zero attached hydrogens (tertiary/aromatic N) is 3. The third-order valence-corrected chi connectivity index (χ3v) is 5.18. The molecule has 1 amide bonds. The number of hydrogen-bond acceptors (Lipinski definition) is 5. The monoisotopic (exact) mass is 468 g/mol. The standard InChI is InChI=1S/C23H19F3N6O2/c1-13(16-7-17(23(24,25)26)10-18(27)8-16)29-22(34)15-5-6-21(33)32(12-15)19-4-2-3-14(9-19)20-11-28-31-30-20/h2-13H,27H2,1H3,(H,29,34)(H,28,30,31)/t13-/m1/s1. The van der Waals surface area contributed by atoms with Gasteiger partial charge in [0, 0.05) is 29.2 Å². The Morgan fingerprint density at radius 3 is 2.65 bits per heavy atom. The number of halogens is 3. The number of rotatable bonds is 5. The Labute approximate surface area is 191 Å². The van der Waals surface area contributed by atoms with Crippen molar-refractivity contribution in [3.63, 3.8) is 0 Å². The van der Waals surface area contributed by atoms with E-state index in [1.807, 2.05) is 6.07 Å². The molecule has 0 aliphatic heterocycles. The first-order valence-corrected chi connectivity index (χ1v) is 10.1. The predicted molar refractivity (Wildman–Crippen MR) is 119 cm³/mol. The van der Waals surface area contributed by atoms with E-state index in [0.717, 1.165) is 17.7 Å². The van der Waals surface area contributed by atoms with Crippen LogP contribution in [0.15, 0.2) is 71.8 Å². The van der Waals surface area contributed by atoms with Crippen molar-refractivity contribution in [1.82, 2.24) is 25.3 Å². The number of pyridine rings is 1. The summed E-state index contributed by atoms with van der Waals surface area (Å²) >= 11 is 0. The summed E-state index contributed by atoms with van der Waals surface area (Å²) in [4.78, 5) is 25.3. The lowest BCUT2D eigenvalue weighted by Gasteiger charge is -2.18. The maximum absolute atomic E-state index is 13.1. The normalized spacial score (nSPS) is 12.4. The largest absolute Gasteiger partial charge is 0.416 e. The molecular formula is C23H19F3N6O2. The van der Waals surface area contributed by atoms with Crippen LogP contribution in [-0.2, 0) is 6.18 Å². The van der Waals surface area contributed by atoms with E-state index < -0.39 is 23.7 Å². The fourth-order valence-electron chi connectivity index (χ4n) is 3.44. The lowest BCUT2D eigenvalue weighted by Crippen LogP contribution is -2.28. The third-order valence-electron chi connectivity index (χ3n) is 5.18. The Kier molecular flexibility index (Phi) is 5.93. The van der Waals surface area contributed by atoms with Gasteiger partial charge in [0.15, 0.2) is 0 Å². The van der Waals surface area contributed by atoms with E-state index in [4.69, 9.17) is 5.73 Å². The highest BCUT2D eigenvalue weighted by atomic mass is 19.4. The molecular weight excluding hydrogens is 449 g/mol. The average molecular weight is 468 g/mol. The zero-order valence-corrected chi connectivity index (χ0v) is 17.8. The number of carbonyl (C=O) groups excluding carboxylic acids is 1. The number of nitrogens with one attached hydrogen (secondary N) is 2. The van der Waals surface area contributed by atoms with Crippen LogP contribution in [0.4, 0.5) is 18.9 Å². The van der Waals surface area contributed by atoms with Crippen molar-refractivity contribution in [2.45, 2.75) is 19.1 Å². The summed E-state index contributed by atoms with van der Waals surface area (Å²) in [6.07, 6.45) is -1.66. The van der Waals surface area contributed by atoms with Crippen molar-refractivity contribution in [3.8, 4) is 16.9 Å². The first-order valence-electron chi connectivity index (χ1n) is 10.1. The van der Waals surface area contributed by atoms with Gasteiger partial charge in [0.1, 0.15) is 0 Å².